The van der Waals surface area contributed by atoms with Gasteiger partial charge in [0, 0.05) is 17.4 Å². The highest BCUT2D eigenvalue weighted by molar-refractivity contribution is 5.64. The Balaban J connectivity index is 1.82. The topological polar surface area (TPSA) is 64.1 Å². The van der Waals surface area contributed by atoms with Crippen molar-refractivity contribution in [3.8, 4) is 16.9 Å². The normalized spacial score (nSPS) is 10.6. The molecule has 2 aromatic carbocycles. The van der Waals surface area contributed by atoms with Crippen LogP contribution in [0.3, 0.4) is 0 Å². The van der Waals surface area contributed by atoms with Crippen LogP contribution in [0, 0.1) is 0 Å². The maximum absolute atomic E-state index is 9.46. The van der Waals surface area contributed by atoms with Crippen molar-refractivity contribution in [2.24, 2.45) is 0 Å². The van der Waals surface area contributed by atoms with Crippen LogP contribution >= 0.6 is 0 Å². The highest BCUT2D eigenvalue weighted by Crippen LogP contribution is 2.20. The number of anilines is 1. The largest absolute Gasteiger partial charge is 0.508 e. The summed E-state index contributed by atoms with van der Waals surface area (Å²) in [5, 5.41) is 13.8. The van der Waals surface area contributed by atoms with E-state index in [4.69, 9.17) is 5.73 Å². The Kier molecular flexibility index (Phi) is 3.13. The van der Waals surface area contributed by atoms with E-state index >= 15 is 0 Å². The molecule has 1 heterocycles. The SMILES string of the molecule is Nc1ccc(-c2cnn(Cc3cccc(O)c3)c2)cc1. The molecule has 3 N–H and O–H groups in total. The number of phenols is 1. The van der Waals surface area contributed by atoms with Gasteiger partial charge in [0.05, 0.1) is 12.7 Å². The van der Waals surface area contributed by atoms with E-state index in [1.54, 1.807) is 12.1 Å². The van der Waals surface area contributed by atoms with Crippen molar-refractivity contribution in [3.63, 3.8) is 0 Å². The molecule has 100 valence electrons. The van der Waals surface area contributed by atoms with Crippen LogP contribution in [-0.2, 0) is 6.54 Å². The lowest BCUT2D eigenvalue weighted by Crippen LogP contribution is -1.99. The minimum atomic E-state index is 0.272. The zero-order valence-electron chi connectivity index (χ0n) is 10.9. The molecule has 0 aliphatic carbocycles. The molecule has 0 amide bonds. The summed E-state index contributed by atoms with van der Waals surface area (Å²) in [5.41, 5.74) is 9.57. The molecule has 0 saturated heterocycles. The predicted octanol–water partition coefficient (Wildman–Crippen LogP) is 2.89. The maximum atomic E-state index is 9.46. The van der Waals surface area contributed by atoms with Gasteiger partial charge in [-0.05, 0) is 35.4 Å². The number of nitrogens with zero attached hydrogens (tertiary/aromatic N) is 2. The van der Waals surface area contributed by atoms with Gasteiger partial charge in [-0.3, -0.25) is 4.68 Å². The highest BCUT2D eigenvalue weighted by atomic mass is 16.3. The van der Waals surface area contributed by atoms with E-state index in [1.807, 2.05) is 53.5 Å². The number of hydrogen-bond donors (Lipinski definition) is 2. The zero-order chi connectivity index (χ0) is 13.9. The second kappa shape index (κ2) is 5.09. The number of rotatable bonds is 3. The molecule has 0 aliphatic rings. The van der Waals surface area contributed by atoms with Gasteiger partial charge in [0.25, 0.3) is 0 Å². The lowest BCUT2D eigenvalue weighted by atomic mass is 10.1. The van der Waals surface area contributed by atoms with Gasteiger partial charge >= 0.3 is 0 Å². The monoisotopic (exact) mass is 265 g/mol. The molecule has 20 heavy (non-hydrogen) atoms. The Morgan fingerprint density at radius 3 is 2.60 bits per heavy atom. The first-order valence-electron chi connectivity index (χ1n) is 6.37. The Labute approximate surface area is 117 Å². The summed E-state index contributed by atoms with van der Waals surface area (Å²) in [6.07, 6.45) is 3.81. The quantitative estimate of drug-likeness (QED) is 0.716. The summed E-state index contributed by atoms with van der Waals surface area (Å²) in [6, 6.07) is 14.9. The van der Waals surface area contributed by atoms with E-state index in [9.17, 15) is 5.11 Å². The minimum absolute atomic E-state index is 0.272. The average molecular weight is 265 g/mol. The molecule has 0 atom stereocenters. The minimum Gasteiger partial charge on any atom is -0.508 e. The molecule has 4 heteroatoms. The van der Waals surface area contributed by atoms with E-state index in [0.29, 0.717) is 6.54 Å². The summed E-state index contributed by atoms with van der Waals surface area (Å²) in [7, 11) is 0. The summed E-state index contributed by atoms with van der Waals surface area (Å²) in [6.45, 7) is 0.628. The van der Waals surface area contributed by atoms with Crippen LogP contribution < -0.4 is 5.73 Å². The maximum Gasteiger partial charge on any atom is 0.115 e. The smallest absolute Gasteiger partial charge is 0.115 e. The first kappa shape index (κ1) is 12.3. The summed E-state index contributed by atoms with van der Waals surface area (Å²) >= 11 is 0. The fraction of sp³-hybridized carbons (Fsp3) is 0.0625. The summed E-state index contributed by atoms with van der Waals surface area (Å²) < 4.78 is 1.85. The average Bonchev–Trinajstić information content (AvgIpc) is 2.88. The highest BCUT2D eigenvalue weighted by Gasteiger charge is 2.03. The standard InChI is InChI=1S/C16H15N3O/c17-15-6-4-13(5-7-15)14-9-18-19(11-14)10-12-2-1-3-16(20)8-12/h1-9,11,20H,10,17H2. The predicted molar refractivity (Wildman–Crippen MR) is 79.3 cm³/mol. The molecule has 3 rings (SSSR count). The van der Waals surface area contributed by atoms with E-state index in [-0.39, 0.29) is 5.75 Å². The fourth-order valence-corrected chi connectivity index (χ4v) is 2.12. The summed E-state index contributed by atoms with van der Waals surface area (Å²) in [4.78, 5) is 0. The second-order valence-corrected chi connectivity index (χ2v) is 4.72. The van der Waals surface area contributed by atoms with Gasteiger partial charge in [0.2, 0.25) is 0 Å². The molecule has 0 fully saturated rings. The molecule has 0 bridgehead atoms. The van der Waals surface area contributed by atoms with Crippen molar-refractivity contribution in [2.45, 2.75) is 6.54 Å². The van der Waals surface area contributed by atoms with Gasteiger partial charge in [-0.2, -0.15) is 5.10 Å². The zero-order valence-corrected chi connectivity index (χ0v) is 10.9. The first-order valence-corrected chi connectivity index (χ1v) is 6.37. The van der Waals surface area contributed by atoms with Crippen molar-refractivity contribution < 1.29 is 5.11 Å². The number of aromatic hydroxyl groups is 1. The van der Waals surface area contributed by atoms with Gasteiger partial charge in [-0.15, -0.1) is 0 Å². The van der Waals surface area contributed by atoms with E-state index in [2.05, 4.69) is 5.10 Å². The van der Waals surface area contributed by atoms with Crippen LogP contribution in [0.5, 0.6) is 5.75 Å². The van der Waals surface area contributed by atoms with Crippen LogP contribution in [0.15, 0.2) is 60.9 Å². The van der Waals surface area contributed by atoms with Crippen molar-refractivity contribution >= 4 is 5.69 Å². The van der Waals surface area contributed by atoms with E-state index in [0.717, 1.165) is 22.4 Å². The van der Waals surface area contributed by atoms with Crippen molar-refractivity contribution in [1.82, 2.24) is 9.78 Å². The van der Waals surface area contributed by atoms with Crippen LogP contribution in [0.4, 0.5) is 5.69 Å². The fourth-order valence-electron chi connectivity index (χ4n) is 2.12. The second-order valence-electron chi connectivity index (χ2n) is 4.72. The Hall–Kier alpha value is -2.75. The van der Waals surface area contributed by atoms with Gasteiger partial charge in [-0.1, -0.05) is 24.3 Å². The van der Waals surface area contributed by atoms with Gasteiger partial charge in [0.1, 0.15) is 5.75 Å². The Bertz CT molecular complexity index is 717. The van der Waals surface area contributed by atoms with Crippen molar-refractivity contribution in [3.05, 3.63) is 66.5 Å². The molecule has 4 nitrogen and oxygen atoms in total. The first-order chi connectivity index (χ1) is 9.70. The molecule has 3 aromatic rings. The van der Waals surface area contributed by atoms with E-state index in [1.165, 1.54) is 0 Å². The van der Waals surface area contributed by atoms with Gasteiger partial charge < -0.3 is 10.8 Å². The summed E-state index contributed by atoms with van der Waals surface area (Å²) in [5.74, 6) is 0.272. The number of aromatic nitrogens is 2. The van der Waals surface area contributed by atoms with Crippen molar-refractivity contribution in [2.75, 3.05) is 5.73 Å². The third-order valence-electron chi connectivity index (χ3n) is 3.13. The number of phenolic OH excluding ortho intramolecular Hbond substituents is 1. The van der Waals surface area contributed by atoms with Crippen LogP contribution in [0.1, 0.15) is 5.56 Å². The van der Waals surface area contributed by atoms with E-state index < -0.39 is 0 Å². The molecule has 0 spiro atoms. The van der Waals surface area contributed by atoms with Crippen molar-refractivity contribution in [1.29, 1.82) is 0 Å². The van der Waals surface area contributed by atoms with Crippen LogP contribution in [0.2, 0.25) is 0 Å². The molecule has 1 aromatic heterocycles. The molecule has 0 radical (unpaired) electrons. The number of nitrogens with two attached hydrogens (primary N) is 1. The third-order valence-corrected chi connectivity index (χ3v) is 3.13. The molecule has 0 unspecified atom stereocenters. The third kappa shape index (κ3) is 2.64. The lowest BCUT2D eigenvalue weighted by Gasteiger charge is -2.02. The number of hydrogen-bond acceptors (Lipinski definition) is 3. The molecular formula is C16H15N3O. The number of nitrogen functional groups attached to an aromatic ring is 1. The molecule has 0 aliphatic heterocycles. The molecule has 0 saturated carbocycles. The van der Waals surface area contributed by atoms with Gasteiger partial charge in [-0.25, -0.2) is 0 Å². The lowest BCUT2D eigenvalue weighted by molar-refractivity contribution is 0.474. The van der Waals surface area contributed by atoms with Gasteiger partial charge in [0.15, 0.2) is 0 Å². The number of benzene rings is 2. The Morgan fingerprint density at radius 2 is 1.85 bits per heavy atom. The van der Waals surface area contributed by atoms with Crippen LogP contribution in [-0.4, -0.2) is 14.9 Å². The Morgan fingerprint density at radius 1 is 1.05 bits per heavy atom. The van der Waals surface area contributed by atoms with Crippen LogP contribution in [0.25, 0.3) is 11.1 Å². The molecular weight excluding hydrogens is 250 g/mol.